The Kier molecular flexibility index (Phi) is 16.5. The fourth-order valence-corrected chi connectivity index (χ4v) is 3.19. The van der Waals surface area contributed by atoms with Crippen LogP contribution in [0.15, 0.2) is 0 Å². The first-order valence-corrected chi connectivity index (χ1v) is 11.1. The van der Waals surface area contributed by atoms with E-state index < -0.39 is 29.7 Å². The van der Waals surface area contributed by atoms with E-state index in [-0.39, 0.29) is 38.6 Å². The quantitative estimate of drug-likeness (QED) is 0.196. The predicted octanol–water partition coefficient (Wildman–Crippen LogP) is 3.59. The zero-order valence-corrected chi connectivity index (χ0v) is 18.9. The summed E-state index contributed by atoms with van der Waals surface area (Å²) in [6, 6.07) is 0. The first kappa shape index (κ1) is 27.9. The third-order valence-corrected chi connectivity index (χ3v) is 4.58. The summed E-state index contributed by atoms with van der Waals surface area (Å²) in [5.74, 6) is -3.00. The highest BCUT2D eigenvalue weighted by molar-refractivity contribution is 5.82. The summed E-state index contributed by atoms with van der Waals surface area (Å²) in [5, 5.41) is 0. The molecule has 0 amide bonds. The molecule has 0 aliphatic carbocycles. The van der Waals surface area contributed by atoms with E-state index in [1.165, 1.54) is 0 Å². The summed E-state index contributed by atoms with van der Waals surface area (Å²) >= 11 is 0. The highest BCUT2D eigenvalue weighted by atomic mass is 16.5. The molecule has 0 aliphatic heterocycles. The average molecular weight is 431 g/mol. The van der Waals surface area contributed by atoms with E-state index in [4.69, 9.17) is 18.9 Å². The molecule has 0 rings (SSSR count). The normalized spacial score (nSPS) is 12.5. The lowest BCUT2D eigenvalue weighted by molar-refractivity contribution is -0.161. The third kappa shape index (κ3) is 12.4. The first-order valence-electron chi connectivity index (χ1n) is 11.1. The second-order valence-corrected chi connectivity index (χ2v) is 6.82. The molecule has 0 aromatic carbocycles. The van der Waals surface area contributed by atoms with Gasteiger partial charge < -0.3 is 18.9 Å². The summed E-state index contributed by atoms with van der Waals surface area (Å²) in [7, 11) is 0. The second-order valence-electron chi connectivity index (χ2n) is 6.82. The van der Waals surface area contributed by atoms with Crippen molar-refractivity contribution in [2.24, 2.45) is 11.8 Å². The second kappa shape index (κ2) is 17.7. The molecule has 8 heteroatoms. The van der Waals surface area contributed by atoms with Gasteiger partial charge in [0.15, 0.2) is 0 Å². The average Bonchev–Trinajstić information content (AvgIpc) is 2.69. The van der Waals surface area contributed by atoms with Crippen LogP contribution in [0.3, 0.4) is 0 Å². The monoisotopic (exact) mass is 430 g/mol. The molecule has 174 valence electrons. The zero-order valence-electron chi connectivity index (χ0n) is 18.9. The van der Waals surface area contributed by atoms with Gasteiger partial charge in [0.2, 0.25) is 0 Å². The first-order chi connectivity index (χ1) is 14.4. The highest BCUT2D eigenvalue weighted by Gasteiger charge is 2.35. The van der Waals surface area contributed by atoms with E-state index in [0.717, 1.165) is 12.8 Å². The molecule has 30 heavy (non-hydrogen) atoms. The van der Waals surface area contributed by atoms with Crippen molar-refractivity contribution in [3.05, 3.63) is 0 Å². The van der Waals surface area contributed by atoms with Crippen LogP contribution in [0.4, 0.5) is 0 Å². The van der Waals surface area contributed by atoms with Crippen LogP contribution in [0, 0.1) is 11.8 Å². The Hall–Kier alpha value is -2.12. The largest absolute Gasteiger partial charge is 0.466 e. The van der Waals surface area contributed by atoms with E-state index in [1.807, 2.05) is 0 Å². The Morgan fingerprint density at radius 2 is 0.967 bits per heavy atom. The van der Waals surface area contributed by atoms with Crippen molar-refractivity contribution in [3.8, 4) is 0 Å². The van der Waals surface area contributed by atoms with Gasteiger partial charge in [-0.1, -0.05) is 19.3 Å². The molecule has 0 radical (unpaired) electrons. The summed E-state index contributed by atoms with van der Waals surface area (Å²) in [6.45, 7) is 7.93. The van der Waals surface area contributed by atoms with E-state index in [9.17, 15) is 19.2 Å². The minimum Gasteiger partial charge on any atom is -0.466 e. The molecule has 0 saturated heterocycles. The third-order valence-electron chi connectivity index (χ3n) is 4.58. The van der Waals surface area contributed by atoms with Gasteiger partial charge in [-0.2, -0.15) is 0 Å². The maximum absolute atomic E-state index is 12.5. The van der Waals surface area contributed by atoms with Crippen molar-refractivity contribution < 1.29 is 38.1 Å². The number of carbonyl (C=O) groups excluding carboxylic acids is 4. The van der Waals surface area contributed by atoms with Crippen LogP contribution in [0.1, 0.15) is 79.1 Å². The van der Waals surface area contributed by atoms with E-state index in [0.29, 0.717) is 32.3 Å². The van der Waals surface area contributed by atoms with E-state index in [1.54, 1.807) is 27.7 Å². The van der Waals surface area contributed by atoms with Crippen molar-refractivity contribution in [1.29, 1.82) is 0 Å². The smallest absolute Gasteiger partial charge is 0.309 e. The number of rotatable bonds is 17. The number of ether oxygens (including phenoxy) is 4. The summed E-state index contributed by atoms with van der Waals surface area (Å²) < 4.78 is 20.2. The Labute approximate surface area is 180 Å². The standard InChI is InChI=1S/C22H38O8/c1-5-27-19(23)14-12-10-9-11-13-17(21(25)29-7-3)18(22(26)30-8-4)15-16-20(24)28-6-2/h17-18H,5-16H2,1-4H3. The van der Waals surface area contributed by atoms with Crippen LogP contribution in [0.5, 0.6) is 0 Å². The Balaban J connectivity index is 4.89. The molecule has 0 heterocycles. The zero-order chi connectivity index (χ0) is 22.8. The molecule has 0 aliphatic rings. The number of carbonyl (C=O) groups is 4. The molecule has 8 nitrogen and oxygen atoms in total. The Morgan fingerprint density at radius 1 is 0.533 bits per heavy atom. The van der Waals surface area contributed by atoms with Crippen molar-refractivity contribution in [2.75, 3.05) is 26.4 Å². The highest BCUT2D eigenvalue weighted by Crippen LogP contribution is 2.27. The molecule has 0 spiro atoms. The molecular formula is C22H38O8. The predicted molar refractivity (Wildman–Crippen MR) is 110 cm³/mol. The van der Waals surface area contributed by atoms with Gasteiger partial charge in [0.1, 0.15) is 0 Å². The lowest BCUT2D eigenvalue weighted by Crippen LogP contribution is -2.33. The molecule has 0 saturated carbocycles. The topological polar surface area (TPSA) is 105 Å². The number of esters is 4. The van der Waals surface area contributed by atoms with E-state index in [2.05, 4.69) is 0 Å². The Bertz CT molecular complexity index is 517. The minimum absolute atomic E-state index is 0.0345. The fraction of sp³-hybridized carbons (Fsp3) is 0.818. The van der Waals surface area contributed by atoms with Gasteiger partial charge in [-0.15, -0.1) is 0 Å². The lowest BCUT2D eigenvalue weighted by Gasteiger charge is -2.24. The van der Waals surface area contributed by atoms with Crippen LogP contribution in [0.2, 0.25) is 0 Å². The lowest BCUT2D eigenvalue weighted by atomic mass is 9.84. The van der Waals surface area contributed by atoms with Crippen molar-refractivity contribution in [2.45, 2.75) is 79.1 Å². The van der Waals surface area contributed by atoms with Gasteiger partial charge in [-0.05, 0) is 47.0 Å². The van der Waals surface area contributed by atoms with Gasteiger partial charge in [0.05, 0.1) is 38.3 Å². The maximum Gasteiger partial charge on any atom is 0.309 e. The SMILES string of the molecule is CCOC(=O)CCCCCCC(C(=O)OCC)C(CCC(=O)OCC)C(=O)OCC. The summed E-state index contributed by atoms with van der Waals surface area (Å²) in [4.78, 5) is 48.2. The molecule has 0 aromatic heterocycles. The van der Waals surface area contributed by atoms with Crippen LogP contribution < -0.4 is 0 Å². The number of hydrogen-bond donors (Lipinski definition) is 0. The molecule has 0 N–H and O–H groups in total. The minimum atomic E-state index is -0.757. The van der Waals surface area contributed by atoms with Gasteiger partial charge in [-0.3, -0.25) is 19.2 Å². The Morgan fingerprint density at radius 3 is 1.47 bits per heavy atom. The van der Waals surface area contributed by atoms with Crippen molar-refractivity contribution in [3.63, 3.8) is 0 Å². The molecule has 0 fully saturated rings. The molecule has 2 atom stereocenters. The molecule has 0 bridgehead atoms. The molecular weight excluding hydrogens is 392 g/mol. The van der Waals surface area contributed by atoms with Gasteiger partial charge in [0, 0.05) is 12.8 Å². The van der Waals surface area contributed by atoms with Gasteiger partial charge in [-0.25, -0.2) is 0 Å². The van der Waals surface area contributed by atoms with Gasteiger partial charge in [0.25, 0.3) is 0 Å². The van der Waals surface area contributed by atoms with E-state index >= 15 is 0 Å². The molecule has 2 unspecified atom stereocenters. The van der Waals surface area contributed by atoms with Crippen molar-refractivity contribution >= 4 is 23.9 Å². The van der Waals surface area contributed by atoms with Crippen molar-refractivity contribution in [1.82, 2.24) is 0 Å². The van der Waals surface area contributed by atoms with Gasteiger partial charge >= 0.3 is 23.9 Å². The van der Waals surface area contributed by atoms with Crippen LogP contribution in [-0.4, -0.2) is 50.3 Å². The van der Waals surface area contributed by atoms with Crippen LogP contribution in [0.25, 0.3) is 0 Å². The number of hydrogen-bond acceptors (Lipinski definition) is 8. The number of unbranched alkanes of at least 4 members (excludes halogenated alkanes) is 3. The summed E-state index contributed by atoms with van der Waals surface area (Å²) in [5.41, 5.74) is 0. The maximum atomic E-state index is 12.5. The summed E-state index contributed by atoms with van der Waals surface area (Å²) in [6.07, 6.45) is 4.07. The van der Waals surface area contributed by atoms with Crippen LogP contribution >= 0.6 is 0 Å². The fourth-order valence-electron chi connectivity index (χ4n) is 3.19. The molecule has 0 aromatic rings. The van der Waals surface area contributed by atoms with Crippen LogP contribution in [-0.2, 0) is 38.1 Å².